The third-order valence-corrected chi connectivity index (χ3v) is 4.91. The molecule has 30 heavy (non-hydrogen) atoms. The van der Waals surface area contributed by atoms with Crippen LogP contribution in [-0.4, -0.2) is 28.9 Å². The Hall–Kier alpha value is -2.93. The molecule has 2 aromatic rings. The van der Waals surface area contributed by atoms with Gasteiger partial charge in [-0.3, -0.25) is 9.59 Å². The number of halogens is 1. The van der Waals surface area contributed by atoms with Crippen LogP contribution in [0.1, 0.15) is 47.7 Å². The Morgan fingerprint density at radius 2 is 1.83 bits per heavy atom. The molecule has 3 N–H and O–H groups in total. The van der Waals surface area contributed by atoms with Crippen molar-refractivity contribution in [1.29, 1.82) is 0 Å². The number of hydrogen-bond donors (Lipinski definition) is 3. The Balaban J connectivity index is 2.30. The number of unbranched alkanes of at least 4 members (excludes halogenated alkanes) is 1. The van der Waals surface area contributed by atoms with E-state index in [0.29, 0.717) is 24.0 Å². The maximum Gasteiger partial charge on any atom is 0.326 e. The maximum absolute atomic E-state index is 12.9. The van der Waals surface area contributed by atoms with E-state index in [0.717, 1.165) is 16.5 Å². The van der Waals surface area contributed by atoms with E-state index in [1.165, 1.54) is 6.08 Å². The lowest BCUT2D eigenvalue weighted by molar-refractivity contribution is -0.141. The molecule has 6 nitrogen and oxygen atoms in total. The molecule has 0 aromatic heterocycles. The molecule has 0 saturated carbocycles. The minimum absolute atomic E-state index is 0.0265. The second-order valence-corrected chi connectivity index (χ2v) is 7.86. The van der Waals surface area contributed by atoms with Crippen LogP contribution in [0.5, 0.6) is 0 Å². The predicted octanol–water partition coefficient (Wildman–Crippen LogP) is 4.29. The number of rotatable bonds is 9. The van der Waals surface area contributed by atoms with Crippen LogP contribution in [-0.2, 0) is 9.59 Å². The molecule has 1 atom stereocenters. The molecule has 2 amide bonds. The summed E-state index contributed by atoms with van der Waals surface area (Å²) in [7, 11) is 0. The van der Waals surface area contributed by atoms with Crippen molar-refractivity contribution in [2.75, 3.05) is 0 Å². The fourth-order valence-electron chi connectivity index (χ4n) is 2.72. The van der Waals surface area contributed by atoms with Crippen molar-refractivity contribution in [1.82, 2.24) is 10.6 Å². The standard InChI is InChI=1S/C23H25BrN2O4/c1-3-4-8-19(23(29)30)25-22(28)20(14-16-6-5-7-18(24)13-16)26-21(27)17-11-9-15(2)10-12-17/h5-7,9-14,19H,3-4,8H2,1-2H3,(H,25,28)(H,26,27)(H,29,30)/b20-14+/t19-/m0/s1. The minimum Gasteiger partial charge on any atom is -0.480 e. The number of carboxylic acids is 1. The van der Waals surface area contributed by atoms with Crippen LogP contribution in [0.3, 0.4) is 0 Å². The van der Waals surface area contributed by atoms with Crippen molar-refractivity contribution in [2.24, 2.45) is 0 Å². The first-order valence-corrected chi connectivity index (χ1v) is 10.5. The van der Waals surface area contributed by atoms with Crippen molar-refractivity contribution >= 4 is 39.8 Å². The summed E-state index contributed by atoms with van der Waals surface area (Å²) in [5.74, 6) is -2.21. The van der Waals surface area contributed by atoms with Crippen molar-refractivity contribution in [3.63, 3.8) is 0 Å². The maximum atomic E-state index is 12.9. The largest absolute Gasteiger partial charge is 0.480 e. The lowest BCUT2D eigenvalue weighted by Gasteiger charge is -2.16. The van der Waals surface area contributed by atoms with Gasteiger partial charge in [0.25, 0.3) is 11.8 Å². The van der Waals surface area contributed by atoms with Crippen LogP contribution in [0.25, 0.3) is 6.08 Å². The Morgan fingerprint density at radius 3 is 2.43 bits per heavy atom. The van der Waals surface area contributed by atoms with E-state index < -0.39 is 23.8 Å². The van der Waals surface area contributed by atoms with Crippen molar-refractivity contribution in [3.8, 4) is 0 Å². The van der Waals surface area contributed by atoms with E-state index in [1.807, 2.05) is 19.9 Å². The van der Waals surface area contributed by atoms with Crippen LogP contribution in [0.15, 0.2) is 58.7 Å². The summed E-state index contributed by atoms with van der Waals surface area (Å²) >= 11 is 3.38. The molecule has 0 unspecified atom stereocenters. The molecule has 0 bridgehead atoms. The highest BCUT2D eigenvalue weighted by Crippen LogP contribution is 2.15. The summed E-state index contributed by atoms with van der Waals surface area (Å²) in [6, 6.07) is 13.1. The first-order valence-electron chi connectivity index (χ1n) is 9.69. The van der Waals surface area contributed by atoms with Gasteiger partial charge in [0.05, 0.1) is 0 Å². The number of aliphatic carboxylic acids is 1. The van der Waals surface area contributed by atoms with Gasteiger partial charge in [-0.05, 0) is 49.2 Å². The average Bonchev–Trinajstić information content (AvgIpc) is 2.70. The van der Waals surface area contributed by atoms with E-state index >= 15 is 0 Å². The molecule has 7 heteroatoms. The highest BCUT2D eigenvalue weighted by molar-refractivity contribution is 9.10. The molecule has 0 saturated heterocycles. The van der Waals surface area contributed by atoms with Crippen LogP contribution in [0, 0.1) is 6.92 Å². The number of hydrogen-bond acceptors (Lipinski definition) is 3. The summed E-state index contributed by atoms with van der Waals surface area (Å²) in [6.07, 6.45) is 3.31. The van der Waals surface area contributed by atoms with Gasteiger partial charge in [-0.2, -0.15) is 0 Å². The Kier molecular flexibility index (Phi) is 8.80. The quantitative estimate of drug-likeness (QED) is 0.474. The third-order valence-electron chi connectivity index (χ3n) is 4.42. The summed E-state index contributed by atoms with van der Waals surface area (Å²) in [6.45, 7) is 3.86. The number of amides is 2. The molecular weight excluding hydrogens is 448 g/mol. The van der Waals surface area contributed by atoms with Crippen molar-refractivity contribution in [3.05, 3.63) is 75.4 Å². The highest BCUT2D eigenvalue weighted by Gasteiger charge is 2.22. The normalized spacial score (nSPS) is 12.2. The van der Waals surface area contributed by atoms with Crippen LogP contribution >= 0.6 is 15.9 Å². The summed E-state index contributed by atoms with van der Waals surface area (Å²) in [4.78, 5) is 37.0. The first-order chi connectivity index (χ1) is 14.3. The van der Waals surface area contributed by atoms with Gasteiger partial charge in [-0.1, -0.05) is 65.5 Å². The second-order valence-electron chi connectivity index (χ2n) is 6.94. The lowest BCUT2D eigenvalue weighted by atomic mass is 10.1. The molecule has 2 aromatic carbocycles. The molecule has 0 aliphatic carbocycles. The van der Waals surface area contributed by atoms with Crippen LogP contribution in [0.4, 0.5) is 0 Å². The molecule has 0 spiro atoms. The van der Waals surface area contributed by atoms with Gasteiger partial charge < -0.3 is 15.7 Å². The molecule has 0 aliphatic rings. The number of carbonyl (C=O) groups excluding carboxylic acids is 2. The Bertz CT molecular complexity index is 938. The van der Waals surface area contributed by atoms with E-state index in [-0.39, 0.29) is 5.70 Å². The van der Waals surface area contributed by atoms with Gasteiger partial charge >= 0.3 is 5.97 Å². The van der Waals surface area contributed by atoms with E-state index in [9.17, 15) is 19.5 Å². The predicted molar refractivity (Wildman–Crippen MR) is 120 cm³/mol. The first kappa shape index (κ1) is 23.3. The zero-order valence-electron chi connectivity index (χ0n) is 16.9. The molecule has 0 heterocycles. The molecule has 0 radical (unpaired) electrons. The van der Waals surface area contributed by atoms with E-state index in [4.69, 9.17) is 0 Å². The van der Waals surface area contributed by atoms with E-state index in [1.54, 1.807) is 42.5 Å². The molecule has 0 fully saturated rings. The number of carbonyl (C=O) groups is 3. The fourth-order valence-corrected chi connectivity index (χ4v) is 3.14. The minimum atomic E-state index is -1.11. The Labute approximate surface area is 184 Å². The van der Waals surface area contributed by atoms with Gasteiger partial charge in [0, 0.05) is 10.0 Å². The van der Waals surface area contributed by atoms with Crippen molar-refractivity contribution in [2.45, 2.75) is 39.2 Å². The zero-order chi connectivity index (χ0) is 22.1. The van der Waals surface area contributed by atoms with Gasteiger partial charge in [0.1, 0.15) is 11.7 Å². The van der Waals surface area contributed by atoms with E-state index in [2.05, 4.69) is 26.6 Å². The molecule has 158 valence electrons. The van der Waals surface area contributed by atoms with Crippen LogP contribution < -0.4 is 10.6 Å². The lowest BCUT2D eigenvalue weighted by Crippen LogP contribution is -2.44. The number of aryl methyl sites for hydroxylation is 1. The topological polar surface area (TPSA) is 95.5 Å². The summed E-state index contributed by atoms with van der Waals surface area (Å²) in [5, 5.41) is 14.6. The highest BCUT2D eigenvalue weighted by atomic mass is 79.9. The molecule has 0 aliphatic heterocycles. The summed E-state index contributed by atoms with van der Waals surface area (Å²) < 4.78 is 0.812. The zero-order valence-corrected chi connectivity index (χ0v) is 18.5. The summed E-state index contributed by atoms with van der Waals surface area (Å²) in [5.41, 5.74) is 2.06. The fraction of sp³-hybridized carbons (Fsp3) is 0.261. The third kappa shape index (κ3) is 7.15. The average molecular weight is 473 g/mol. The number of nitrogens with one attached hydrogen (secondary N) is 2. The van der Waals surface area contributed by atoms with Gasteiger partial charge in [0.15, 0.2) is 0 Å². The van der Waals surface area contributed by atoms with Gasteiger partial charge in [-0.15, -0.1) is 0 Å². The smallest absolute Gasteiger partial charge is 0.326 e. The SMILES string of the molecule is CCCC[C@H](NC(=O)/C(=C\c1cccc(Br)c1)NC(=O)c1ccc(C)cc1)C(=O)O. The Morgan fingerprint density at radius 1 is 1.13 bits per heavy atom. The number of carboxylic acid groups (broad SMARTS) is 1. The molecular formula is C23H25BrN2O4. The monoisotopic (exact) mass is 472 g/mol. The second kappa shape index (κ2) is 11.3. The van der Waals surface area contributed by atoms with Crippen molar-refractivity contribution < 1.29 is 19.5 Å². The number of benzene rings is 2. The van der Waals surface area contributed by atoms with Crippen LogP contribution in [0.2, 0.25) is 0 Å². The van der Waals surface area contributed by atoms with Gasteiger partial charge in [0.2, 0.25) is 0 Å². The molecule has 2 rings (SSSR count). The van der Waals surface area contributed by atoms with Gasteiger partial charge in [-0.25, -0.2) is 4.79 Å².